The third-order valence-corrected chi connectivity index (χ3v) is 13.7. The van der Waals surface area contributed by atoms with Gasteiger partial charge in [0.25, 0.3) is 0 Å². The molecule has 0 aliphatic heterocycles. The number of hydrogen-bond donors (Lipinski definition) is 0. The molecule has 0 heterocycles. The van der Waals surface area contributed by atoms with Gasteiger partial charge >= 0.3 is 30.2 Å². The molecule has 2 fully saturated rings. The molecular formula is C56H74Cl2SiZr-4. The molecule has 0 aromatic heterocycles. The summed E-state index contributed by atoms with van der Waals surface area (Å²) in [7, 11) is 0. The Morgan fingerprint density at radius 2 is 0.800 bits per heavy atom. The molecule has 8 rings (SSSR count). The Balaban J connectivity index is 0.000000373. The standard InChI is InChI=1S/2C27H33.2CH3.2ClH.Si.Zr/c2*1-4-27(12-7-5-6-8-13-27)19-22-17-23-10-9-11-25(26(23)18-22)24-15-20(2)14-21(3)16-24;;;;;;/h2*9-11,14-18H,4-8,12-13,19H2,1-3H3;2*1H3;2*1H;;/q4*-1;;;;. The van der Waals surface area contributed by atoms with Crippen LogP contribution in [0, 0.1) is 53.4 Å². The van der Waals surface area contributed by atoms with Crippen molar-refractivity contribution in [1.82, 2.24) is 0 Å². The molecule has 0 amide bonds. The van der Waals surface area contributed by atoms with Gasteiger partial charge < -0.3 is 14.9 Å². The maximum atomic E-state index is 3.06. The fourth-order valence-corrected chi connectivity index (χ4v) is 10.7. The molecule has 0 spiro atoms. The van der Waals surface area contributed by atoms with Crippen LogP contribution in [-0.4, -0.2) is 6.88 Å². The minimum atomic E-state index is 0. The van der Waals surface area contributed by atoms with Crippen LogP contribution in [0.1, 0.15) is 137 Å². The molecule has 2 aliphatic carbocycles. The SMILES string of the molecule is CCC1(Cc2cc3c(-c4cc(C)cc(C)c4)cccc3[cH-]2)CCCCCC1.CCC1(Cc2cc3c(-c4cc(C)cc(C)c4)cccc3[cH-]2)CCCCCC1.Cl.Cl.[CH3-].[CH3-].[Si]=[Zr]. The summed E-state index contributed by atoms with van der Waals surface area (Å²) in [5.41, 5.74) is 15.0. The van der Waals surface area contributed by atoms with Crippen LogP contribution in [0.4, 0.5) is 0 Å². The fourth-order valence-electron chi connectivity index (χ4n) is 10.7. The van der Waals surface area contributed by atoms with E-state index in [9.17, 15) is 0 Å². The van der Waals surface area contributed by atoms with Gasteiger partial charge in [-0.25, -0.2) is 0 Å². The summed E-state index contributed by atoms with van der Waals surface area (Å²) in [6.07, 6.45) is 22.2. The van der Waals surface area contributed by atoms with E-state index in [1.165, 1.54) is 192 Å². The second-order valence-electron chi connectivity index (χ2n) is 18.0. The average molecular weight is 937 g/mol. The summed E-state index contributed by atoms with van der Waals surface area (Å²) in [5, 5.41) is 5.66. The Hall–Kier alpha value is -2.22. The zero-order valence-electron chi connectivity index (χ0n) is 38.4. The molecule has 324 valence electrons. The number of rotatable bonds is 8. The molecule has 0 unspecified atom stereocenters. The molecule has 0 nitrogen and oxygen atoms in total. The first-order valence-electron chi connectivity index (χ1n) is 22.0. The molecule has 0 saturated heterocycles. The monoisotopic (exact) mass is 934 g/mol. The topological polar surface area (TPSA) is 0 Å². The number of hydrogen-bond acceptors (Lipinski definition) is 0. The first-order chi connectivity index (χ1) is 27.2. The number of benzene rings is 4. The quantitative estimate of drug-likeness (QED) is 0.0810. The average Bonchev–Trinajstić information content (AvgIpc) is 3.61. The van der Waals surface area contributed by atoms with E-state index in [1.807, 2.05) is 0 Å². The molecule has 2 saturated carbocycles. The van der Waals surface area contributed by atoms with Crippen LogP contribution in [-0.2, 0) is 36.2 Å². The van der Waals surface area contributed by atoms with Crippen LogP contribution in [0.25, 0.3) is 43.8 Å². The van der Waals surface area contributed by atoms with Crippen LogP contribution in [0.2, 0.25) is 0 Å². The normalized spacial score (nSPS) is 15.5. The van der Waals surface area contributed by atoms with Crippen molar-refractivity contribution >= 4 is 53.2 Å². The van der Waals surface area contributed by atoms with Crippen LogP contribution in [0.15, 0.2) is 97.1 Å². The van der Waals surface area contributed by atoms with Gasteiger partial charge in [-0.1, -0.05) is 160 Å². The molecule has 6 aromatic carbocycles. The van der Waals surface area contributed by atoms with Crippen LogP contribution in [0.5, 0.6) is 0 Å². The third kappa shape index (κ3) is 13.4. The summed E-state index contributed by atoms with van der Waals surface area (Å²) in [5.74, 6) is 0. The van der Waals surface area contributed by atoms with Crippen molar-refractivity contribution in [3.8, 4) is 22.3 Å². The molecule has 2 aliphatic rings. The zero-order chi connectivity index (χ0) is 39.7. The van der Waals surface area contributed by atoms with Gasteiger partial charge in [-0.3, -0.25) is 0 Å². The Bertz CT molecular complexity index is 1990. The van der Waals surface area contributed by atoms with Crippen molar-refractivity contribution in [2.24, 2.45) is 10.8 Å². The number of aryl methyl sites for hydroxylation is 4. The maximum absolute atomic E-state index is 3.06. The second-order valence-corrected chi connectivity index (χ2v) is 18.0. The summed E-state index contributed by atoms with van der Waals surface area (Å²) in [6.45, 7) is 16.7. The van der Waals surface area contributed by atoms with Gasteiger partial charge in [0.15, 0.2) is 0 Å². The van der Waals surface area contributed by atoms with Gasteiger partial charge in [-0.2, -0.15) is 12.1 Å². The molecule has 2 radical (unpaired) electrons. The van der Waals surface area contributed by atoms with Crippen molar-refractivity contribution in [2.75, 3.05) is 0 Å². The third-order valence-electron chi connectivity index (χ3n) is 13.7. The summed E-state index contributed by atoms with van der Waals surface area (Å²) in [4.78, 5) is 0. The molecule has 60 heavy (non-hydrogen) atoms. The van der Waals surface area contributed by atoms with E-state index in [1.54, 1.807) is 11.1 Å². The van der Waals surface area contributed by atoms with Crippen molar-refractivity contribution in [3.05, 3.63) is 145 Å². The van der Waals surface area contributed by atoms with E-state index < -0.39 is 0 Å². The van der Waals surface area contributed by atoms with E-state index in [2.05, 4.69) is 145 Å². The number of fused-ring (bicyclic) bond motifs is 2. The Morgan fingerprint density at radius 3 is 1.10 bits per heavy atom. The zero-order valence-corrected chi connectivity index (χ0v) is 43.5. The molecule has 0 atom stereocenters. The first kappa shape index (κ1) is 53.9. The van der Waals surface area contributed by atoms with Gasteiger partial charge in [0.1, 0.15) is 0 Å². The predicted octanol–water partition coefficient (Wildman–Crippen LogP) is 17.6. The second kappa shape index (κ2) is 25.2. The van der Waals surface area contributed by atoms with E-state index in [4.69, 9.17) is 0 Å². The van der Waals surface area contributed by atoms with Gasteiger partial charge in [-0.05, 0) is 88.2 Å². The molecule has 0 N–H and O–H groups in total. The summed E-state index contributed by atoms with van der Waals surface area (Å²) >= 11 is 1.36. The van der Waals surface area contributed by atoms with E-state index in [-0.39, 0.29) is 39.7 Å². The summed E-state index contributed by atoms with van der Waals surface area (Å²) < 4.78 is 0. The fraction of sp³-hybridized carbons (Fsp3) is 0.429. The van der Waals surface area contributed by atoms with E-state index in [0.717, 1.165) is 0 Å². The van der Waals surface area contributed by atoms with Crippen molar-refractivity contribution < 1.29 is 23.3 Å². The molecule has 0 bridgehead atoms. The van der Waals surface area contributed by atoms with Gasteiger partial charge in [0.2, 0.25) is 0 Å². The predicted molar refractivity (Wildman–Crippen MR) is 270 cm³/mol. The van der Waals surface area contributed by atoms with Crippen LogP contribution >= 0.6 is 24.8 Å². The van der Waals surface area contributed by atoms with E-state index >= 15 is 0 Å². The van der Waals surface area contributed by atoms with Crippen molar-refractivity contribution in [2.45, 2.75) is 144 Å². The minimum absolute atomic E-state index is 0. The van der Waals surface area contributed by atoms with Crippen molar-refractivity contribution in [3.63, 3.8) is 0 Å². The summed E-state index contributed by atoms with van der Waals surface area (Å²) in [6, 6.07) is 37.3. The van der Waals surface area contributed by atoms with Gasteiger partial charge in [0, 0.05) is 0 Å². The Morgan fingerprint density at radius 1 is 0.483 bits per heavy atom. The van der Waals surface area contributed by atoms with Gasteiger partial charge in [-0.15, -0.1) is 93.9 Å². The Kier molecular flexibility index (Phi) is 22.6. The van der Waals surface area contributed by atoms with Crippen LogP contribution < -0.4 is 0 Å². The first-order valence-corrected chi connectivity index (χ1v) is 26.1. The van der Waals surface area contributed by atoms with Crippen molar-refractivity contribution in [1.29, 1.82) is 0 Å². The molecule has 4 heteroatoms. The van der Waals surface area contributed by atoms with Crippen LogP contribution in [0.3, 0.4) is 0 Å². The Labute approximate surface area is 396 Å². The van der Waals surface area contributed by atoms with Gasteiger partial charge in [0.05, 0.1) is 0 Å². The number of halogens is 2. The van der Waals surface area contributed by atoms with E-state index in [0.29, 0.717) is 10.8 Å². The molecular weight excluding hydrogens is 863 g/mol. The molecule has 6 aromatic rings.